The Morgan fingerprint density at radius 3 is 2.32 bits per heavy atom. The van der Waals surface area contributed by atoms with Gasteiger partial charge in [0.1, 0.15) is 11.8 Å². The minimum Gasteiger partial charge on any atom is -0.484 e. The lowest BCUT2D eigenvalue weighted by Gasteiger charge is -2.30. The molecule has 0 saturated carbocycles. The van der Waals surface area contributed by atoms with E-state index in [1.54, 1.807) is 4.90 Å². The highest BCUT2D eigenvalue weighted by Crippen LogP contribution is 2.16. The van der Waals surface area contributed by atoms with E-state index in [4.69, 9.17) is 4.74 Å². The molecule has 0 unspecified atom stereocenters. The molecule has 0 aromatic heterocycles. The van der Waals surface area contributed by atoms with Crippen LogP contribution in [0.15, 0.2) is 48.5 Å². The van der Waals surface area contributed by atoms with Crippen LogP contribution in [-0.4, -0.2) is 35.9 Å². The number of aryl methyl sites for hydroxylation is 2. The molecular formula is C23H30N2O3. The zero-order chi connectivity index (χ0) is 20.5. The lowest BCUT2D eigenvalue weighted by atomic mass is 10.1. The molecular weight excluding hydrogens is 352 g/mol. The number of amides is 2. The monoisotopic (exact) mass is 382 g/mol. The van der Waals surface area contributed by atoms with Gasteiger partial charge in [-0.1, -0.05) is 48.9 Å². The van der Waals surface area contributed by atoms with Gasteiger partial charge in [-0.05, 0) is 50.5 Å². The highest BCUT2D eigenvalue weighted by Gasteiger charge is 2.28. The Morgan fingerprint density at radius 2 is 1.71 bits per heavy atom. The van der Waals surface area contributed by atoms with Crippen LogP contribution >= 0.6 is 0 Å². The third-order valence-corrected chi connectivity index (χ3v) is 4.52. The van der Waals surface area contributed by atoms with Crippen molar-refractivity contribution in [2.75, 3.05) is 13.2 Å². The van der Waals surface area contributed by atoms with Crippen molar-refractivity contribution in [2.24, 2.45) is 0 Å². The van der Waals surface area contributed by atoms with Gasteiger partial charge in [0.25, 0.3) is 5.91 Å². The molecule has 150 valence electrons. The van der Waals surface area contributed by atoms with Gasteiger partial charge in [0.15, 0.2) is 6.61 Å². The predicted octanol–water partition coefficient (Wildman–Crippen LogP) is 3.63. The number of benzene rings is 2. The highest BCUT2D eigenvalue weighted by atomic mass is 16.5. The van der Waals surface area contributed by atoms with Gasteiger partial charge in [0.2, 0.25) is 5.91 Å². The van der Waals surface area contributed by atoms with Crippen LogP contribution in [0, 0.1) is 13.8 Å². The van der Waals surface area contributed by atoms with Crippen molar-refractivity contribution >= 4 is 11.8 Å². The van der Waals surface area contributed by atoms with E-state index in [0.717, 1.165) is 16.7 Å². The molecule has 0 aliphatic heterocycles. The summed E-state index contributed by atoms with van der Waals surface area (Å²) in [5.41, 5.74) is 3.17. The Morgan fingerprint density at radius 1 is 1.04 bits per heavy atom. The Bertz CT molecular complexity index is 804. The quantitative estimate of drug-likeness (QED) is 0.721. The van der Waals surface area contributed by atoms with Crippen LogP contribution in [0.5, 0.6) is 5.75 Å². The largest absolute Gasteiger partial charge is 0.484 e. The Kier molecular flexibility index (Phi) is 8.05. The van der Waals surface area contributed by atoms with E-state index < -0.39 is 6.04 Å². The van der Waals surface area contributed by atoms with Crippen LogP contribution in [0.2, 0.25) is 0 Å². The maximum absolute atomic E-state index is 13.0. The third kappa shape index (κ3) is 6.12. The summed E-state index contributed by atoms with van der Waals surface area (Å²) in [5.74, 6) is 0.303. The van der Waals surface area contributed by atoms with Gasteiger partial charge < -0.3 is 15.0 Å². The number of nitrogens with one attached hydrogen (secondary N) is 1. The summed E-state index contributed by atoms with van der Waals surface area (Å²) < 4.78 is 5.70. The second-order valence-corrected chi connectivity index (χ2v) is 6.93. The van der Waals surface area contributed by atoms with Crippen LogP contribution in [0.4, 0.5) is 0 Å². The van der Waals surface area contributed by atoms with Gasteiger partial charge in [-0.25, -0.2) is 0 Å². The van der Waals surface area contributed by atoms with Crippen molar-refractivity contribution in [3.63, 3.8) is 0 Å². The summed E-state index contributed by atoms with van der Waals surface area (Å²) in [6.07, 6.45) is 0.536. The molecule has 0 spiro atoms. The van der Waals surface area contributed by atoms with Crippen molar-refractivity contribution in [1.82, 2.24) is 10.2 Å². The number of hydrogen-bond acceptors (Lipinski definition) is 3. The van der Waals surface area contributed by atoms with Crippen molar-refractivity contribution in [2.45, 2.75) is 46.7 Å². The molecule has 2 aromatic carbocycles. The first-order valence-corrected chi connectivity index (χ1v) is 9.76. The van der Waals surface area contributed by atoms with Gasteiger partial charge in [0, 0.05) is 13.1 Å². The van der Waals surface area contributed by atoms with Gasteiger partial charge in [-0.3, -0.25) is 9.59 Å². The van der Waals surface area contributed by atoms with E-state index in [9.17, 15) is 9.59 Å². The number of ether oxygens (including phenoxy) is 1. The molecule has 1 N–H and O–H groups in total. The van der Waals surface area contributed by atoms with Crippen LogP contribution in [-0.2, 0) is 16.1 Å². The smallest absolute Gasteiger partial charge is 0.261 e. The van der Waals surface area contributed by atoms with E-state index in [1.807, 2.05) is 76.2 Å². The molecule has 1 atom stereocenters. The molecule has 2 amide bonds. The first kappa shape index (κ1) is 21.5. The summed E-state index contributed by atoms with van der Waals surface area (Å²) in [7, 11) is 0. The van der Waals surface area contributed by atoms with Gasteiger partial charge >= 0.3 is 0 Å². The number of likely N-dealkylation sites (N-methyl/N-ethyl adjacent to an activating group) is 1. The van der Waals surface area contributed by atoms with Crippen LogP contribution < -0.4 is 10.1 Å². The average Bonchev–Trinajstić information content (AvgIpc) is 2.66. The molecule has 2 aromatic rings. The fourth-order valence-corrected chi connectivity index (χ4v) is 3.15. The molecule has 0 heterocycles. The van der Waals surface area contributed by atoms with Crippen molar-refractivity contribution < 1.29 is 14.3 Å². The number of carbonyl (C=O) groups is 2. The molecule has 0 aliphatic carbocycles. The molecule has 5 heteroatoms. The second-order valence-electron chi connectivity index (χ2n) is 6.93. The van der Waals surface area contributed by atoms with Gasteiger partial charge in [-0.15, -0.1) is 0 Å². The molecule has 0 aliphatic rings. The standard InChI is InChI=1S/C23H30N2O3/c1-5-21(23(27)24-6-2)25(15-19-11-7-9-17(3)13-19)22(26)16-28-20-12-8-10-18(4)14-20/h7-14,21H,5-6,15-16H2,1-4H3,(H,24,27)/t21-/m0/s1. The average molecular weight is 383 g/mol. The van der Waals surface area contributed by atoms with E-state index in [-0.39, 0.29) is 18.4 Å². The van der Waals surface area contributed by atoms with Crippen LogP contribution in [0.3, 0.4) is 0 Å². The molecule has 2 rings (SSSR count). The summed E-state index contributed by atoms with van der Waals surface area (Å²) in [6, 6.07) is 15.0. The van der Waals surface area contributed by atoms with Crippen molar-refractivity contribution in [1.29, 1.82) is 0 Å². The summed E-state index contributed by atoms with van der Waals surface area (Å²) in [4.78, 5) is 27.2. The summed E-state index contributed by atoms with van der Waals surface area (Å²) in [6.45, 7) is 8.56. The van der Waals surface area contributed by atoms with E-state index in [1.165, 1.54) is 0 Å². The maximum Gasteiger partial charge on any atom is 0.261 e. The zero-order valence-electron chi connectivity index (χ0n) is 17.2. The topological polar surface area (TPSA) is 58.6 Å². The number of hydrogen-bond donors (Lipinski definition) is 1. The third-order valence-electron chi connectivity index (χ3n) is 4.52. The first-order valence-electron chi connectivity index (χ1n) is 9.76. The van der Waals surface area contributed by atoms with E-state index in [0.29, 0.717) is 25.3 Å². The molecule has 0 fully saturated rings. The lowest BCUT2D eigenvalue weighted by Crippen LogP contribution is -2.50. The minimum absolute atomic E-state index is 0.106. The summed E-state index contributed by atoms with van der Waals surface area (Å²) in [5, 5.41) is 2.84. The minimum atomic E-state index is -0.533. The lowest BCUT2D eigenvalue weighted by molar-refractivity contribution is -0.142. The van der Waals surface area contributed by atoms with E-state index >= 15 is 0 Å². The summed E-state index contributed by atoms with van der Waals surface area (Å²) >= 11 is 0. The number of nitrogens with zero attached hydrogens (tertiary/aromatic N) is 1. The van der Waals surface area contributed by atoms with Gasteiger partial charge in [-0.2, -0.15) is 0 Å². The molecule has 0 radical (unpaired) electrons. The van der Waals surface area contributed by atoms with Crippen molar-refractivity contribution in [3.05, 3.63) is 65.2 Å². The number of carbonyl (C=O) groups excluding carboxylic acids is 2. The fourth-order valence-electron chi connectivity index (χ4n) is 3.15. The van der Waals surface area contributed by atoms with Crippen molar-refractivity contribution in [3.8, 4) is 5.75 Å². The Hall–Kier alpha value is -2.82. The highest BCUT2D eigenvalue weighted by molar-refractivity contribution is 5.88. The molecule has 0 saturated heterocycles. The SMILES string of the molecule is CCNC(=O)[C@H](CC)N(Cc1cccc(C)c1)C(=O)COc1cccc(C)c1. The van der Waals surface area contributed by atoms with Gasteiger partial charge in [0.05, 0.1) is 0 Å². The Labute approximate surface area is 167 Å². The fraction of sp³-hybridized carbons (Fsp3) is 0.391. The Balaban J connectivity index is 2.19. The number of rotatable bonds is 9. The van der Waals surface area contributed by atoms with Crippen LogP contribution in [0.1, 0.15) is 37.0 Å². The molecule has 5 nitrogen and oxygen atoms in total. The maximum atomic E-state index is 13.0. The predicted molar refractivity (Wildman–Crippen MR) is 111 cm³/mol. The normalized spacial score (nSPS) is 11.6. The zero-order valence-corrected chi connectivity index (χ0v) is 17.2. The second kappa shape index (κ2) is 10.5. The first-order chi connectivity index (χ1) is 13.4. The van der Waals surface area contributed by atoms with E-state index in [2.05, 4.69) is 5.32 Å². The molecule has 28 heavy (non-hydrogen) atoms. The molecule has 0 bridgehead atoms. The van der Waals surface area contributed by atoms with Crippen LogP contribution in [0.25, 0.3) is 0 Å².